The molecule has 0 bridgehead atoms. The van der Waals surface area contributed by atoms with Crippen molar-refractivity contribution >= 4 is 17.7 Å². The van der Waals surface area contributed by atoms with Gasteiger partial charge < -0.3 is 5.32 Å². The van der Waals surface area contributed by atoms with Crippen molar-refractivity contribution in [3.8, 4) is 0 Å². The number of thioether (sulfide) groups is 1. The normalized spacial score (nSPS) is 11.3. The van der Waals surface area contributed by atoms with Crippen LogP contribution >= 0.6 is 11.8 Å². The summed E-state index contributed by atoms with van der Waals surface area (Å²) in [6, 6.07) is 8.30. The predicted molar refractivity (Wildman–Crippen MR) is 75.3 cm³/mol. The number of hydrogen-bond acceptors (Lipinski definition) is 2. The van der Waals surface area contributed by atoms with Crippen LogP contribution in [0.5, 0.6) is 0 Å². The molecular formula is C14H21NOS. The number of rotatable bonds is 5. The minimum Gasteiger partial charge on any atom is -0.347 e. The first-order chi connectivity index (χ1) is 7.95. The van der Waals surface area contributed by atoms with E-state index in [-0.39, 0.29) is 11.4 Å². The summed E-state index contributed by atoms with van der Waals surface area (Å²) in [7, 11) is 0. The van der Waals surface area contributed by atoms with Crippen LogP contribution in [0.2, 0.25) is 0 Å². The third-order valence-electron chi connectivity index (χ3n) is 2.76. The smallest absolute Gasteiger partial charge is 0.221 e. The Hall–Kier alpha value is -0.960. The van der Waals surface area contributed by atoms with Crippen molar-refractivity contribution in [1.82, 2.24) is 5.32 Å². The zero-order valence-electron chi connectivity index (χ0n) is 11.0. The van der Waals surface area contributed by atoms with Crippen molar-refractivity contribution in [2.75, 3.05) is 12.0 Å². The second-order valence-electron chi connectivity index (χ2n) is 4.78. The van der Waals surface area contributed by atoms with Gasteiger partial charge in [-0.3, -0.25) is 4.79 Å². The monoisotopic (exact) mass is 251 g/mol. The molecule has 1 amide bonds. The van der Waals surface area contributed by atoms with E-state index in [1.54, 1.807) is 11.8 Å². The molecule has 0 fully saturated rings. The van der Waals surface area contributed by atoms with Crippen LogP contribution in [0.25, 0.3) is 0 Å². The fourth-order valence-electron chi connectivity index (χ4n) is 1.65. The van der Waals surface area contributed by atoms with Gasteiger partial charge in [0.05, 0.1) is 5.54 Å². The van der Waals surface area contributed by atoms with Crippen LogP contribution in [0.4, 0.5) is 0 Å². The summed E-state index contributed by atoms with van der Waals surface area (Å²) in [6.07, 6.45) is 2.59. The van der Waals surface area contributed by atoms with Gasteiger partial charge in [-0.1, -0.05) is 29.8 Å². The number of nitrogens with one attached hydrogen (secondary N) is 1. The summed E-state index contributed by atoms with van der Waals surface area (Å²) in [5, 5.41) is 3.07. The molecule has 94 valence electrons. The molecule has 0 aliphatic carbocycles. The van der Waals surface area contributed by atoms with Gasteiger partial charge in [0.15, 0.2) is 0 Å². The van der Waals surface area contributed by atoms with E-state index in [4.69, 9.17) is 0 Å². The van der Waals surface area contributed by atoms with Crippen molar-refractivity contribution in [3.05, 3.63) is 35.4 Å². The Morgan fingerprint density at radius 1 is 1.29 bits per heavy atom. The molecule has 1 N–H and O–H groups in total. The summed E-state index contributed by atoms with van der Waals surface area (Å²) < 4.78 is 0. The maximum absolute atomic E-state index is 11.7. The molecule has 0 saturated heterocycles. The van der Waals surface area contributed by atoms with Crippen molar-refractivity contribution < 1.29 is 4.79 Å². The Balaban J connectivity index is 2.67. The van der Waals surface area contributed by atoms with Crippen molar-refractivity contribution in [1.29, 1.82) is 0 Å². The average molecular weight is 251 g/mol. The third kappa shape index (κ3) is 4.43. The molecule has 1 rings (SSSR count). The lowest BCUT2D eigenvalue weighted by Gasteiger charge is -2.27. The molecule has 0 unspecified atom stereocenters. The topological polar surface area (TPSA) is 29.1 Å². The highest BCUT2D eigenvalue weighted by atomic mass is 32.2. The first kappa shape index (κ1) is 14.1. The van der Waals surface area contributed by atoms with Crippen LogP contribution in [0, 0.1) is 6.92 Å². The first-order valence-electron chi connectivity index (χ1n) is 5.83. The highest BCUT2D eigenvalue weighted by Gasteiger charge is 2.22. The van der Waals surface area contributed by atoms with Gasteiger partial charge in [0.1, 0.15) is 0 Å². The quantitative estimate of drug-likeness (QED) is 0.871. The van der Waals surface area contributed by atoms with Gasteiger partial charge in [-0.05, 0) is 32.6 Å². The van der Waals surface area contributed by atoms with Crippen molar-refractivity contribution in [3.63, 3.8) is 0 Å². The van der Waals surface area contributed by atoms with Gasteiger partial charge in [0, 0.05) is 12.2 Å². The van der Waals surface area contributed by atoms with Crippen molar-refractivity contribution in [2.24, 2.45) is 0 Å². The molecule has 0 atom stereocenters. The molecule has 0 heterocycles. The van der Waals surface area contributed by atoms with Gasteiger partial charge in [-0.15, -0.1) is 0 Å². The van der Waals surface area contributed by atoms with E-state index in [2.05, 4.69) is 36.5 Å². The Morgan fingerprint density at radius 2 is 1.88 bits per heavy atom. The summed E-state index contributed by atoms with van der Waals surface area (Å²) in [4.78, 5) is 11.7. The fraction of sp³-hybridized carbons (Fsp3) is 0.500. The van der Waals surface area contributed by atoms with Gasteiger partial charge in [0.2, 0.25) is 5.91 Å². The second-order valence-corrected chi connectivity index (χ2v) is 5.77. The zero-order valence-corrected chi connectivity index (χ0v) is 11.9. The van der Waals surface area contributed by atoms with Crippen LogP contribution in [-0.2, 0) is 10.3 Å². The largest absolute Gasteiger partial charge is 0.347 e. The lowest BCUT2D eigenvalue weighted by Crippen LogP contribution is -2.41. The summed E-state index contributed by atoms with van der Waals surface area (Å²) in [5.74, 6) is 0.987. The molecule has 0 spiro atoms. The van der Waals surface area contributed by atoms with Gasteiger partial charge in [-0.2, -0.15) is 11.8 Å². The van der Waals surface area contributed by atoms with Crippen LogP contribution in [0.15, 0.2) is 24.3 Å². The lowest BCUT2D eigenvalue weighted by molar-refractivity contribution is -0.122. The Labute approximate surface area is 108 Å². The Bertz CT molecular complexity index is 370. The Kier molecular flexibility index (Phi) is 5.06. The highest BCUT2D eigenvalue weighted by Crippen LogP contribution is 2.20. The molecule has 0 radical (unpaired) electrons. The number of hydrogen-bond donors (Lipinski definition) is 1. The Morgan fingerprint density at radius 3 is 2.41 bits per heavy atom. The van der Waals surface area contributed by atoms with Gasteiger partial charge >= 0.3 is 0 Å². The molecule has 0 aliphatic rings. The van der Waals surface area contributed by atoms with E-state index in [1.165, 1.54) is 5.56 Å². The maximum atomic E-state index is 11.7. The van der Waals surface area contributed by atoms with Crippen molar-refractivity contribution in [2.45, 2.75) is 32.7 Å². The third-order valence-corrected chi connectivity index (χ3v) is 3.37. The summed E-state index contributed by atoms with van der Waals surface area (Å²) in [6.45, 7) is 6.14. The minimum absolute atomic E-state index is 0.116. The number of amides is 1. The van der Waals surface area contributed by atoms with Gasteiger partial charge in [0.25, 0.3) is 0 Å². The van der Waals surface area contributed by atoms with E-state index < -0.39 is 0 Å². The van der Waals surface area contributed by atoms with E-state index in [9.17, 15) is 4.79 Å². The molecule has 3 heteroatoms. The fourth-order valence-corrected chi connectivity index (χ4v) is 2.04. The predicted octanol–water partition coefficient (Wildman–Crippen LogP) is 3.10. The highest BCUT2D eigenvalue weighted by molar-refractivity contribution is 7.98. The molecule has 2 nitrogen and oxygen atoms in total. The summed E-state index contributed by atoms with van der Waals surface area (Å²) in [5.41, 5.74) is 2.07. The second kappa shape index (κ2) is 6.10. The molecule has 0 saturated carbocycles. The molecule has 0 aromatic heterocycles. The summed E-state index contributed by atoms with van der Waals surface area (Å²) >= 11 is 1.69. The molecular weight excluding hydrogens is 230 g/mol. The standard InChI is InChI=1S/C14H21NOS/c1-11-5-7-12(8-6-11)14(2,3)15-13(16)9-10-17-4/h5-8H,9-10H2,1-4H3,(H,15,16). The van der Waals surface area contributed by atoms with E-state index >= 15 is 0 Å². The average Bonchev–Trinajstić information content (AvgIpc) is 2.26. The number of carbonyl (C=O) groups excluding carboxylic acids is 1. The lowest BCUT2D eigenvalue weighted by atomic mass is 9.93. The van der Waals surface area contributed by atoms with Crippen LogP contribution in [0.3, 0.4) is 0 Å². The first-order valence-corrected chi connectivity index (χ1v) is 7.22. The van der Waals surface area contributed by atoms with Crippen LogP contribution < -0.4 is 5.32 Å². The maximum Gasteiger partial charge on any atom is 0.221 e. The van der Waals surface area contributed by atoms with Crippen LogP contribution in [-0.4, -0.2) is 17.9 Å². The van der Waals surface area contributed by atoms with E-state index in [1.807, 2.05) is 20.1 Å². The molecule has 17 heavy (non-hydrogen) atoms. The SMILES string of the molecule is CSCCC(=O)NC(C)(C)c1ccc(C)cc1. The van der Waals surface area contributed by atoms with E-state index in [0.29, 0.717) is 6.42 Å². The van der Waals surface area contributed by atoms with Gasteiger partial charge in [-0.25, -0.2) is 0 Å². The molecule has 1 aromatic carbocycles. The molecule has 1 aromatic rings. The van der Waals surface area contributed by atoms with Crippen LogP contribution in [0.1, 0.15) is 31.4 Å². The number of aryl methyl sites for hydroxylation is 1. The number of carbonyl (C=O) groups is 1. The van der Waals surface area contributed by atoms with E-state index in [0.717, 1.165) is 11.3 Å². The minimum atomic E-state index is -0.302. The molecule has 0 aliphatic heterocycles. The number of benzene rings is 1. The zero-order chi connectivity index (χ0) is 12.9.